The fourth-order valence-electron chi connectivity index (χ4n) is 2.37. The van der Waals surface area contributed by atoms with Crippen LogP contribution in [0.2, 0.25) is 0 Å². The van der Waals surface area contributed by atoms with Crippen molar-refractivity contribution in [2.24, 2.45) is 0 Å². The summed E-state index contributed by atoms with van der Waals surface area (Å²) in [6, 6.07) is 0. The van der Waals surface area contributed by atoms with Crippen LogP contribution in [0.5, 0.6) is 0 Å². The van der Waals surface area contributed by atoms with Gasteiger partial charge in [-0.2, -0.15) is 11.8 Å². The summed E-state index contributed by atoms with van der Waals surface area (Å²) in [5.41, 5.74) is 0. The molecule has 0 aliphatic carbocycles. The standard InChI is InChI=1S/C10H17NO5S2/c12-9(13)8-7-16-3-6-18(8,10(14)15)11-1-4-17-5-2-11/h8H,1-7H2,(H,12,13)(H,14,15). The van der Waals surface area contributed by atoms with Crippen molar-refractivity contribution in [2.75, 3.05) is 43.6 Å². The zero-order valence-electron chi connectivity index (χ0n) is 9.91. The first kappa shape index (κ1) is 14.0. The highest BCUT2D eigenvalue weighted by molar-refractivity contribution is 8.44. The molecule has 0 aromatic carbocycles. The van der Waals surface area contributed by atoms with E-state index in [2.05, 4.69) is 0 Å². The van der Waals surface area contributed by atoms with Crippen LogP contribution in [0.15, 0.2) is 0 Å². The summed E-state index contributed by atoms with van der Waals surface area (Å²) in [5, 5.41) is 17.1. The lowest BCUT2D eigenvalue weighted by molar-refractivity contribution is -0.137. The topological polar surface area (TPSA) is 87.1 Å². The summed E-state index contributed by atoms with van der Waals surface area (Å²) in [5.74, 6) is 1.01. The Hall–Kier alpha value is -0.440. The Labute approximate surface area is 111 Å². The van der Waals surface area contributed by atoms with Gasteiger partial charge < -0.3 is 14.9 Å². The van der Waals surface area contributed by atoms with Crippen LogP contribution in [0.4, 0.5) is 4.79 Å². The van der Waals surface area contributed by atoms with Crippen molar-refractivity contribution >= 4 is 33.2 Å². The van der Waals surface area contributed by atoms with E-state index in [9.17, 15) is 19.8 Å². The number of carboxylic acids is 1. The third-order valence-corrected chi connectivity index (χ3v) is 8.19. The second-order valence-electron chi connectivity index (χ2n) is 4.17. The van der Waals surface area contributed by atoms with Crippen LogP contribution in [-0.4, -0.2) is 74.6 Å². The molecule has 2 aliphatic heterocycles. The minimum Gasteiger partial charge on any atom is -0.480 e. The molecule has 18 heavy (non-hydrogen) atoms. The molecule has 2 fully saturated rings. The van der Waals surface area contributed by atoms with Crippen molar-refractivity contribution in [1.29, 1.82) is 0 Å². The summed E-state index contributed by atoms with van der Waals surface area (Å²) >= 11 is 1.78. The molecule has 0 saturated carbocycles. The van der Waals surface area contributed by atoms with Crippen molar-refractivity contribution in [3.63, 3.8) is 0 Å². The van der Waals surface area contributed by atoms with Gasteiger partial charge in [0.05, 0.1) is 13.2 Å². The molecule has 0 amide bonds. The van der Waals surface area contributed by atoms with Gasteiger partial charge in [-0.15, -0.1) is 0 Å². The number of carboxylic acid groups (broad SMARTS) is 2. The van der Waals surface area contributed by atoms with Crippen molar-refractivity contribution < 1.29 is 24.5 Å². The second-order valence-corrected chi connectivity index (χ2v) is 8.74. The highest BCUT2D eigenvalue weighted by Gasteiger charge is 2.51. The first-order valence-corrected chi connectivity index (χ1v) is 8.73. The SMILES string of the molecule is O=C(O)C1COCCS1(C(=O)O)N1CCSCC1. The van der Waals surface area contributed by atoms with Gasteiger partial charge in [0.1, 0.15) is 5.25 Å². The van der Waals surface area contributed by atoms with Crippen LogP contribution in [0.25, 0.3) is 0 Å². The van der Waals surface area contributed by atoms with Gasteiger partial charge in [-0.3, -0.25) is 9.10 Å². The lowest BCUT2D eigenvalue weighted by Crippen LogP contribution is -2.52. The first-order valence-electron chi connectivity index (χ1n) is 5.75. The van der Waals surface area contributed by atoms with Gasteiger partial charge in [0, 0.05) is 30.3 Å². The summed E-state index contributed by atoms with van der Waals surface area (Å²) < 4.78 is 7.09. The minimum absolute atomic E-state index is 0.0145. The Kier molecular flexibility index (Phi) is 4.41. The van der Waals surface area contributed by atoms with Crippen molar-refractivity contribution in [1.82, 2.24) is 4.31 Å². The Bertz CT molecular complexity index is 347. The number of aliphatic carboxylic acids is 1. The monoisotopic (exact) mass is 295 g/mol. The van der Waals surface area contributed by atoms with E-state index >= 15 is 0 Å². The Morgan fingerprint density at radius 3 is 2.50 bits per heavy atom. The quantitative estimate of drug-likeness (QED) is 0.783. The number of hydrogen-bond donors (Lipinski definition) is 2. The molecule has 2 heterocycles. The van der Waals surface area contributed by atoms with E-state index in [0.717, 1.165) is 11.5 Å². The molecule has 0 aromatic rings. The highest BCUT2D eigenvalue weighted by atomic mass is 32.3. The molecule has 6 nitrogen and oxygen atoms in total. The third-order valence-electron chi connectivity index (χ3n) is 3.29. The molecule has 104 valence electrons. The van der Waals surface area contributed by atoms with Crippen molar-refractivity contribution in [2.45, 2.75) is 5.25 Å². The van der Waals surface area contributed by atoms with E-state index < -0.39 is 26.7 Å². The van der Waals surface area contributed by atoms with E-state index in [1.165, 1.54) is 0 Å². The number of carbonyl (C=O) groups is 2. The van der Waals surface area contributed by atoms with Crippen molar-refractivity contribution in [3.8, 4) is 0 Å². The lowest BCUT2D eigenvalue weighted by atomic mass is 10.4. The van der Waals surface area contributed by atoms with Gasteiger partial charge >= 0.3 is 11.3 Å². The van der Waals surface area contributed by atoms with Crippen molar-refractivity contribution in [3.05, 3.63) is 0 Å². The molecular formula is C10H17NO5S2. The predicted molar refractivity (Wildman–Crippen MR) is 71.6 cm³/mol. The lowest BCUT2D eigenvalue weighted by Gasteiger charge is -2.51. The average Bonchev–Trinajstić information content (AvgIpc) is 2.39. The third kappa shape index (κ3) is 2.34. The number of nitrogens with zero attached hydrogens (tertiary/aromatic N) is 1. The maximum absolute atomic E-state index is 11.8. The van der Waals surface area contributed by atoms with Crippen LogP contribution >= 0.6 is 22.0 Å². The molecule has 2 N–H and O–H groups in total. The minimum atomic E-state index is -2.34. The fourth-order valence-corrected chi connectivity index (χ4v) is 6.91. The zero-order chi connectivity index (χ0) is 13.2. The number of hydrogen-bond acceptors (Lipinski definition) is 5. The normalized spacial score (nSPS) is 37.7. The number of ether oxygens (including phenoxy) is 1. The maximum Gasteiger partial charge on any atom is 0.360 e. The summed E-state index contributed by atoms with van der Waals surface area (Å²) in [6.45, 7) is 1.68. The molecule has 0 radical (unpaired) electrons. The second kappa shape index (κ2) is 5.68. The Balaban J connectivity index is 2.32. The van der Waals surface area contributed by atoms with E-state index in [-0.39, 0.29) is 6.61 Å². The smallest absolute Gasteiger partial charge is 0.360 e. The van der Waals surface area contributed by atoms with Crippen LogP contribution in [-0.2, 0) is 9.53 Å². The molecular weight excluding hydrogens is 278 g/mol. The summed E-state index contributed by atoms with van der Waals surface area (Å²) in [7, 11) is -2.34. The Morgan fingerprint density at radius 1 is 1.28 bits per heavy atom. The zero-order valence-corrected chi connectivity index (χ0v) is 11.5. The number of rotatable bonds is 2. The molecule has 8 heteroatoms. The van der Waals surface area contributed by atoms with Crippen LogP contribution in [0.3, 0.4) is 0 Å². The largest absolute Gasteiger partial charge is 0.480 e. The molecule has 2 unspecified atom stereocenters. The molecule has 2 saturated heterocycles. The van der Waals surface area contributed by atoms with E-state index in [1.54, 1.807) is 11.8 Å². The van der Waals surface area contributed by atoms with Gasteiger partial charge in [0.25, 0.3) is 0 Å². The number of thioether (sulfide) groups is 1. The molecule has 2 rings (SSSR count). The van der Waals surface area contributed by atoms with Crippen LogP contribution < -0.4 is 0 Å². The van der Waals surface area contributed by atoms with Gasteiger partial charge in [-0.05, 0) is 0 Å². The average molecular weight is 295 g/mol. The Morgan fingerprint density at radius 2 is 1.94 bits per heavy atom. The summed E-state index contributed by atoms with van der Waals surface area (Å²) in [6.07, 6.45) is 0. The van der Waals surface area contributed by atoms with Gasteiger partial charge in [0.2, 0.25) is 0 Å². The molecule has 2 atom stereocenters. The van der Waals surface area contributed by atoms with Crippen LogP contribution in [0.1, 0.15) is 0 Å². The van der Waals surface area contributed by atoms with Gasteiger partial charge in [-0.25, -0.2) is 4.79 Å². The predicted octanol–water partition coefficient (Wildman–Crippen LogP) is 0.916. The molecule has 2 aliphatic rings. The first-order chi connectivity index (χ1) is 8.59. The van der Waals surface area contributed by atoms with Gasteiger partial charge in [-0.1, -0.05) is 10.2 Å². The highest BCUT2D eigenvalue weighted by Crippen LogP contribution is 2.58. The van der Waals surface area contributed by atoms with E-state index in [0.29, 0.717) is 25.4 Å². The fraction of sp³-hybridized carbons (Fsp3) is 0.800. The maximum atomic E-state index is 11.8. The van der Waals surface area contributed by atoms with Gasteiger partial charge in [0.15, 0.2) is 0 Å². The summed E-state index contributed by atoms with van der Waals surface area (Å²) in [4.78, 5) is 23.1. The molecule has 0 aromatic heterocycles. The molecule has 0 spiro atoms. The van der Waals surface area contributed by atoms with E-state index in [4.69, 9.17) is 4.74 Å². The van der Waals surface area contributed by atoms with Crippen LogP contribution in [0, 0.1) is 0 Å². The van der Waals surface area contributed by atoms with E-state index in [1.807, 2.05) is 4.31 Å². The molecule has 0 bridgehead atoms.